The lowest BCUT2D eigenvalue weighted by atomic mass is 10.1. The first kappa shape index (κ1) is 16.1. The van der Waals surface area contributed by atoms with Crippen molar-refractivity contribution in [2.45, 2.75) is 18.6 Å². The van der Waals surface area contributed by atoms with E-state index in [0.29, 0.717) is 13.0 Å². The largest absolute Gasteiger partial charge is 0.478 e. The highest BCUT2D eigenvalue weighted by Crippen LogP contribution is 2.25. The number of anilines is 1. The molecule has 7 nitrogen and oxygen atoms in total. The number of rotatable bonds is 7. The second-order valence-corrected chi connectivity index (χ2v) is 6.12. The maximum atomic E-state index is 11.2. The van der Waals surface area contributed by atoms with Crippen molar-refractivity contribution in [1.82, 2.24) is 0 Å². The van der Waals surface area contributed by atoms with E-state index in [4.69, 9.17) is 5.11 Å². The fraction of sp³-hybridized carbons (Fsp3) is 0.417. The first-order valence-corrected chi connectivity index (χ1v) is 7.53. The molecule has 110 valence electrons. The average Bonchev–Trinajstić information content (AvgIpc) is 2.38. The molecule has 0 amide bonds. The Bertz CT molecular complexity index is 547. The third kappa shape index (κ3) is 4.30. The van der Waals surface area contributed by atoms with Crippen molar-refractivity contribution >= 4 is 28.1 Å². The van der Waals surface area contributed by atoms with Gasteiger partial charge in [0, 0.05) is 34.9 Å². The molecule has 20 heavy (non-hydrogen) atoms. The van der Waals surface area contributed by atoms with Crippen molar-refractivity contribution < 1.29 is 19.0 Å². The van der Waals surface area contributed by atoms with Crippen LogP contribution in [0.2, 0.25) is 0 Å². The van der Waals surface area contributed by atoms with E-state index in [1.54, 1.807) is 6.26 Å². The number of hydrogen-bond acceptors (Lipinski definition) is 5. The molecule has 2 unspecified atom stereocenters. The molecular weight excluding hydrogens is 284 g/mol. The molecule has 0 fully saturated rings. The van der Waals surface area contributed by atoms with Gasteiger partial charge < -0.3 is 10.4 Å². The molecule has 1 aromatic rings. The van der Waals surface area contributed by atoms with Crippen molar-refractivity contribution in [3.63, 3.8) is 0 Å². The van der Waals surface area contributed by atoms with Crippen molar-refractivity contribution in [2.75, 3.05) is 18.1 Å². The Morgan fingerprint density at radius 3 is 2.70 bits per heavy atom. The molecule has 8 heteroatoms. The monoisotopic (exact) mass is 300 g/mol. The number of carboxylic acids is 1. The zero-order valence-corrected chi connectivity index (χ0v) is 12.0. The van der Waals surface area contributed by atoms with Crippen LogP contribution in [0.15, 0.2) is 18.2 Å². The van der Waals surface area contributed by atoms with Crippen LogP contribution in [0.25, 0.3) is 0 Å². The fourth-order valence-corrected chi connectivity index (χ4v) is 1.99. The highest BCUT2D eigenvalue weighted by Gasteiger charge is 2.17. The van der Waals surface area contributed by atoms with Gasteiger partial charge in [0.15, 0.2) is 0 Å². The number of nitrogens with zero attached hydrogens (tertiary/aromatic N) is 1. The number of nitrogens with one attached hydrogen (secondary N) is 1. The van der Waals surface area contributed by atoms with E-state index >= 15 is 0 Å². The predicted octanol–water partition coefficient (Wildman–Crippen LogP) is 1.86. The predicted molar refractivity (Wildman–Crippen MR) is 76.7 cm³/mol. The molecule has 0 saturated heterocycles. The number of carboxylic acid groups (broad SMARTS) is 1. The van der Waals surface area contributed by atoms with Gasteiger partial charge in [-0.3, -0.25) is 14.3 Å². The van der Waals surface area contributed by atoms with Crippen LogP contribution >= 0.6 is 0 Å². The van der Waals surface area contributed by atoms with E-state index in [9.17, 15) is 19.1 Å². The molecule has 0 bridgehead atoms. The summed E-state index contributed by atoms with van der Waals surface area (Å²) in [5.41, 5.74) is -0.158. The first-order valence-electron chi connectivity index (χ1n) is 5.90. The normalized spacial score (nSPS) is 13.5. The maximum Gasteiger partial charge on any atom is 0.335 e. The van der Waals surface area contributed by atoms with Crippen molar-refractivity contribution in [3.8, 4) is 0 Å². The van der Waals surface area contributed by atoms with Gasteiger partial charge in [-0.15, -0.1) is 0 Å². The molecule has 0 aliphatic heterocycles. The molecular formula is C12H16N2O5S. The van der Waals surface area contributed by atoms with Crippen molar-refractivity contribution in [3.05, 3.63) is 33.9 Å². The summed E-state index contributed by atoms with van der Waals surface area (Å²) in [4.78, 5) is 21.1. The molecule has 0 radical (unpaired) electrons. The summed E-state index contributed by atoms with van der Waals surface area (Å²) in [7, 11) is -0.944. The Morgan fingerprint density at radius 2 is 2.20 bits per heavy atom. The Morgan fingerprint density at radius 1 is 1.55 bits per heavy atom. The molecule has 1 rings (SSSR count). The minimum atomic E-state index is -1.21. The number of nitro benzene ring substituents is 1. The van der Waals surface area contributed by atoms with Crippen LogP contribution in [-0.4, -0.2) is 38.3 Å². The van der Waals surface area contributed by atoms with Crippen LogP contribution < -0.4 is 5.32 Å². The molecule has 0 spiro atoms. The van der Waals surface area contributed by atoms with E-state index in [2.05, 4.69) is 5.32 Å². The molecule has 1 aromatic carbocycles. The van der Waals surface area contributed by atoms with E-state index in [1.807, 2.05) is 6.92 Å². The van der Waals surface area contributed by atoms with Gasteiger partial charge in [0.1, 0.15) is 5.69 Å². The summed E-state index contributed by atoms with van der Waals surface area (Å²) >= 11 is 0. The summed E-state index contributed by atoms with van der Waals surface area (Å²) in [5.74, 6) is -1.21. The topological polar surface area (TPSA) is 110 Å². The highest BCUT2D eigenvalue weighted by molar-refractivity contribution is 7.84. The van der Waals surface area contributed by atoms with Gasteiger partial charge in [0.2, 0.25) is 0 Å². The van der Waals surface area contributed by atoms with Crippen LogP contribution in [0.5, 0.6) is 0 Å². The van der Waals surface area contributed by atoms with Gasteiger partial charge in [0.05, 0.1) is 10.5 Å². The molecule has 2 atom stereocenters. The Hall–Kier alpha value is -1.96. The fourth-order valence-electron chi connectivity index (χ4n) is 1.54. The second-order valence-electron chi connectivity index (χ2n) is 4.32. The van der Waals surface area contributed by atoms with Gasteiger partial charge in [-0.2, -0.15) is 0 Å². The minimum absolute atomic E-state index is 0.0140. The van der Waals surface area contributed by atoms with Gasteiger partial charge in [0.25, 0.3) is 5.69 Å². The van der Waals surface area contributed by atoms with E-state index in [-0.39, 0.29) is 22.2 Å². The number of aromatic carboxylic acids is 1. The van der Waals surface area contributed by atoms with Crippen LogP contribution in [0.1, 0.15) is 23.7 Å². The van der Waals surface area contributed by atoms with Crippen LogP contribution in [0.4, 0.5) is 11.4 Å². The average molecular weight is 300 g/mol. The Kier molecular flexibility index (Phi) is 5.63. The molecule has 0 aliphatic rings. The van der Waals surface area contributed by atoms with E-state index < -0.39 is 21.7 Å². The summed E-state index contributed by atoms with van der Waals surface area (Å²) in [6.45, 7) is 2.26. The zero-order valence-electron chi connectivity index (χ0n) is 11.2. The second kappa shape index (κ2) is 6.99. The number of carbonyl (C=O) groups is 1. The SMILES string of the molecule is CC(CCNc1ccc(C(=O)O)cc1[N+](=O)[O-])S(C)=O. The smallest absolute Gasteiger partial charge is 0.335 e. The van der Waals surface area contributed by atoms with Crippen LogP contribution in [0, 0.1) is 10.1 Å². The number of hydrogen-bond donors (Lipinski definition) is 2. The van der Waals surface area contributed by atoms with E-state index in [1.165, 1.54) is 12.1 Å². The van der Waals surface area contributed by atoms with Gasteiger partial charge in [-0.25, -0.2) is 4.79 Å². The number of nitro groups is 1. The van der Waals surface area contributed by atoms with Gasteiger partial charge in [-0.1, -0.05) is 6.92 Å². The molecule has 0 aliphatic carbocycles. The molecule has 0 heterocycles. The lowest BCUT2D eigenvalue weighted by Gasteiger charge is -2.10. The van der Waals surface area contributed by atoms with Crippen LogP contribution in [0.3, 0.4) is 0 Å². The highest BCUT2D eigenvalue weighted by atomic mass is 32.2. The Labute approximate surface area is 118 Å². The van der Waals surface area contributed by atoms with Crippen molar-refractivity contribution in [1.29, 1.82) is 0 Å². The van der Waals surface area contributed by atoms with Crippen molar-refractivity contribution in [2.24, 2.45) is 0 Å². The summed E-state index contributed by atoms with van der Waals surface area (Å²) < 4.78 is 11.2. The third-order valence-corrected chi connectivity index (χ3v) is 4.24. The summed E-state index contributed by atoms with van der Waals surface area (Å²) in [6.07, 6.45) is 2.20. The lowest BCUT2D eigenvalue weighted by Crippen LogP contribution is -2.15. The molecule has 0 aromatic heterocycles. The van der Waals surface area contributed by atoms with Gasteiger partial charge >= 0.3 is 5.97 Å². The first-order chi connectivity index (χ1) is 9.32. The minimum Gasteiger partial charge on any atom is -0.478 e. The summed E-state index contributed by atoms with van der Waals surface area (Å²) in [5, 5.41) is 22.6. The van der Waals surface area contributed by atoms with E-state index in [0.717, 1.165) is 6.07 Å². The van der Waals surface area contributed by atoms with Gasteiger partial charge in [-0.05, 0) is 18.6 Å². The third-order valence-electron chi connectivity index (χ3n) is 2.87. The Balaban J connectivity index is 2.82. The number of benzene rings is 1. The molecule has 0 saturated carbocycles. The quantitative estimate of drug-likeness (QED) is 0.587. The maximum absolute atomic E-state index is 11.2. The van der Waals surface area contributed by atoms with Crippen LogP contribution in [-0.2, 0) is 10.8 Å². The standard InChI is InChI=1S/C12H16N2O5S/c1-8(20(2)19)5-6-13-10-4-3-9(12(15)16)7-11(10)14(17)18/h3-4,7-8,13H,5-6H2,1-2H3,(H,15,16). The zero-order chi connectivity index (χ0) is 15.3. The summed E-state index contributed by atoms with van der Waals surface area (Å²) in [6, 6.07) is 3.69. The molecule has 2 N–H and O–H groups in total. The lowest BCUT2D eigenvalue weighted by molar-refractivity contribution is -0.384.